The lowest BCUT2D eigenvalue weighted by Crippen LogP contribution is -2.31. The van der Waals surface area contributed by atoms with E-state index in [4.69, 9.17) is 25.5 Å². The highest BCUT2D eigenvalue weighted by molar-refractivity contribution is 6.31. The summed E-state index contributed by atoms with van der Waals surface area (Å²) in [5, 5.41) is 3.47. The minimum absolute atomic E-state index is 0.0575. The summed E-state index contributed by atoms with van der Waals surface area (Å²) in [5.41, 5.74) is 2.23. The third kappa shape index (κ3) is 5.56. The number of nitrogens with one attached hydrogen (secondary N) is 1. The van der Waals surface area contributed by atoms with Crippen molar-refractivity contribution in [3.63, 3.8) is 0 Å². The Balaban J connectivity index is 1.38. The lowest BCUT2D eigenvalue weighted by Gasteiger charge is -2.17. The smallest absolute Gasteiger partial charge is 0.265 e. The fourth-order valence-electron chi connectivity index (χ4n) is 3.86. The highest BCUT2D eigenvalue weighted by Gasteiger charge is 2.23. The van der Waals surface area contributed by atoms with Gasteiger partial charge in [-0.25, -0.2) is 0 Å². The third-order valence-electron chi connectivity index (χ3n) is 5.89. The first-order chi connectivity index (χ1) is 18.4. The Morgan fingerprint density at radius 2 is 1.58 bits per heavy atom. The van der Waals surface area contributed by atoms with E-state index in [0.717, 1.165) is 5.56 Å². The fourth-order valence-corrected chi connectivity index (χ4v) is 4.03. The average Bonchev–Trinajstić information content (AvgIpc) is 2.92. The zero-order chi connectivity index (χ0) is 26.6. The van der Waals surface area contributed by atoms with Crippen molar-refractivity contribution in [1.29, 1.82) is 0 Å². The molecule has 1 heterocycles. The second-order valence-electron chi connectivity index (χ2n) is 8.78. The van der Waals surface area contributed by atoms with Gasteiger partial charge in [-0.1, -0.05) is 59.6 Å². The average molecular weight is 526 g/mol. The summed E-state index contributed by atoms with van der Waals surface area (Å²) in [4.78, 5) is 26.4. The number of ether oxygens (including phenoxy) is 2. The van der Waals surface area contributed by atoms with Crippen LogP contribution in [0.5, 0.6) is 17.2 Å². The number of halogens is 1. The molecule has 0 bridgehead atoms. The van der Waals surface area contributed by atoms with Crippen LogP contribution < -0.4 is 20.2 Å². The summed E-state index contributed by atoms with van der Waals surface area (Å²) in [7, 11) is 0. The molecular weight excluding hydrogens is 502 g/mol. The van der Waals surface area contributed by atoms with E-state index in [0.29, 0.717) is 33.4 Å². The largest absolute Gasteiger partial charge is 0.473 e. The van der Waals surface area contributed by atoms with Gasteiger partial charge in [0.25, 0.3) is 5.91 Å². The first-order valence-corrected chi connectivity index (χ1v) is 12.4. The van der Waals surface area contributed by atoms with Gasteiger partial charge in [0.15, 0.2) is 11.9 Å². The van der Waals surface area contributed by atoms with Crippen LogP contribution in [0.15, 0.2) is 106 Å². The van der Waals surface area contributed by atoms with E-state index in [1.54, 1.807) is 43.3 Å². The molecule has 1 amide bonds. The van der Waals surface area contributed by atoms with Crippen molar-refractivity contribution in [2.45, 2.75) is 20.0 Å². The molecular formula is C31H24ClNO5. The minimum atomic E-state index is -1.00. The number of anilines is 1. The van der Waals surface area contributed by atoms with E-state index in [1.807, 2.05) is 61.5 Å². The van der Waals surface area contributed by atoms with E-state index in [-0.39, 0.29) is 16.9 Å². The molecule has 190 valence electrons. The second kappa shape index (κ2) is 10.8. The van der Waals surface area contributed by atoms with Gasteiger partial charge < -0.3 is 19.2 Å². The van der Waals surface area contributed by atoms with Crippen LogP contribution in [0.1, 0.15) is 12.5 Å². The molecule has 1 aromatic heterocycles. The number of carbonyl (C=O) groups is 1. The quantitative estimate of drug-likeness (QED) is 0.236. The first kappa shape index (κ1) is 25.1. The predicted octanol–water partition coefficient (Wildman–Crippen LogP) is 7.62. The van der Waals surface area contributed by atoms with E-state index in [1.165, 1.54) is 6.07 Å². The zero-order valence-corrected chi connectivity index (χ0v) is 21.5. The maximum absolute atomic E-state index is 13.5. The molecule has 6 nitrogen and oxygen atoms in total. The van der Waals surface area contributed by atoms with Crippen molar-refractivity contribution in [2.75, 3.05) is 5.32 Å². The van der Waals surface area contributed by atoms with Crippen molar-refractivity contribution >= 4 is 34.2 Å². The van der Waals surface area contributed by atoms with Gasteiger partial charge in [-0.15, -0.1) is 0 Å². The number of fused-ring (bicyclic) bond motifs is 1. The molecule has 0 saturated heterocycles. The molecule has 5 rings (SSSR count). The standard InChI is InChI=1S/C31H24ClNO5/c1-19-8-10-21(11-9-19)29-30(28(34)26-18-22(32)12-17-27(26)38-29)36-20(2)31(35)33-23-13-15-25(16-14-23)37-24-6-4-3-5-7-24/h3-18,20H,1-2H3,(H,33,35). The molecule has 1 unspecified atom stereocenters. The monoisotopic (exact) mass is 525 g/mol. The van der Waals surface area contributed by atoms with Gasteiger partial charge in [0, 0.05) is 16.3 Å². The van der Waals surface area contributed by atoms with Crippen LogP contribution in [0.4, 0.5) is 5.69 Å². The molecule has 1 atom stereocenters. The Labute approximate surface area is 224 Å². The molecule has 4 aromatic carbocycles. The number of para-hydroxylation sites is 1. The van der Waals surface area contributed by atoms with Crippen LogP contribution in [0.25, 0.3) is 22.3 Å². The number of hydrogen-bond donors (Lipinski definition) is 1. The van der Waals surface area contributed by atoms with Crippen LogP contribution in [0, 0.1) is 6.92 Å². The number of amides is 1. The van der Waals surface area contributed by atoms with Gasteiger partial charge in [-0.05, 0) is 68.4 Å². The van der Waals surface area contributed by atoms with Crippen LogP contribution in [0.2, 0.25) is 5.02 Å². The highest BCUT2D eigenvalue weighted by atomic mass is 35.5. The van der Waals surface area contributed by atoms with Crippen molar-refractivity contribution in [3.05, 3.63) is 118 Å². The Hall–Kier alpha value is -4.55. The van der Waals surface area contributed by atoms with Gasteiger partial charge in [-0.2, -0.15) is 0 Å². The molecule has 0 aliphatic heterocycles. The van der Waals surface area contributed by atoms with Crippen LogP contribution in [0.3, 0.4) is 0 Å². The van der Waals surface area contributed by atoms with Crippen LogP contribution >= 0.6 is 11.6 Å². The van der Waals surface area contributed by atoms with Gasteiger partial charge in [-0.3, -0.25) is 9.59 Å². The molecule has 5 aromatic rings. The number of aryl methyl sites for hydroxylation is 1. The van der Waals surface area contributed by atoms with E-state index in [9.17, 15) is 9.59 Å². The Morgan fingerprint density at radius 1 is 0.895 bits per heavy atom. The minimum Gasteiger partial charge on any atom is -0.473 e. The Morgan fingerprint density at radius 3 is 2.29 bits per heavy atom. The van der Waals surface area contributed by atoms with Gasteiger partial charge in [0.2, 0.25) is 11.2 Å². The normalized spacial score (nSPS) is 11.7. The van der Waals surface area contributed by atoms with Gasteiger partial charge in [0.1, 0.15) is 17.1 Å². The predicted molar refractivity (Wildman–Crippen MR) is 149 cm³/mol. The van der Waals surface area contributed by atoms with Gasteiger partial charge >= 0.3 is 0 Å². The molecule has 1 N–H and O–H groups in total. The molecule has 0 radical (unpaired) electrons. The first-order valence-electron chi connectivity index (χ1n) is 12.0. The number of carbonyl (C=O) groups excluding carboxylic acids is 1. The second-order valence-corrected chi connectivity index (χ2v) is 9.22. The van der Waals surface area contributed by atoms with Crippen molar-refractivity contribution in [1.82, 2.24) is 0 Å². The summed E-state index contributed by atoms with van der Waals surface area (Å²) in [5.74, 6) is 1.10. The van der Waals surface area contributed by atoms with Crippen LogP contribution in [-0.4, -0.2) is 12.0 Å². The summed E-state index contributed by atoms with van der Waals surface area (Å²) in [6.07, 6.45) is -1.00. The van der Waals surface area contributed by atoms with Gasteiger partial charge in [0.05, 0.1) is 5.39 Å². The molecule has 0 aliphatic carbocycles. The fraction of sp³-hybridized carbons (Fsp3) is 0.0968. The highest BCUT2D eigenvalue weighted by Crippen LogP contribution is 2.32. The number of hydrogen-bond acceptors (Lipinski definition) is 5. The number of rotatable bonds is 7. The summed E-state index contributed by atoms with van der Waals surface area (Å²) in [6.45, 7) is 3.54. The van der Waals surface area contributed by atoms with E-state index >= 15 is 0 Å². The topological polar surface area (TPSA) is 77.8 Å². The summed E-state index contributed by atoms with van der Waals surface area (Å²) >= 11 is 6.13. The molecule has 0 fully saturated rings. The molecule has 38 heavy (non-hydrogen) atoms. The molecule has 0 spiro atoms. The van der Waals surface area contributed by atoms with Crippen LogP contribution in [-0.2, 0) is 4.79 Å². The van der Waals surface area contributed by atoms with Crippen molar-refractivity contribution < 1.29 is 18.7 Å². The van der Waals surface area contributed by atoms with E-state index in [2.05, 4.69) is 5.32 Å². The maximum atomic E-state index is 13.5. The molecule has 0 saturated carbocycles. The van der Waals surface area contributed by atoms with Crippen molar-refractivity contribution in [3.8, 4) is 28.6 Å². The molecule has 7 heteroatoms. The van der Waals surface area contributed by atoms with E-state index < -0.39 is 17.4 Å². The van der Waals surface area contributed by atoms with Crippen molar-refractivity contribution in [2.24, 2.45) is 0 Å². The Bertz CT molecular complexity index is 1650. The Kier molecular flexibility index (Phi) is 7.15. The maximum Gasteiger partial charge on any atom is 0.265 e. The lowest BCUT2D eigenvalue weighted by molar-refractivity contribution is -0.122. The number of benzene rings is 4. The lowest BCUT2D eigenvalue weighted by atomic mass is 10.1. The third-order valence-corrected chi connectivity index (χ3v) is 6.12. The SMILES string of the molecule is Cc1ccc(-c2oc3ccc(Cl)cc3c(=O)c2OC(C)C(=O)Nc2ccc(Oc3ccccc3)cc2)cc1. The molecule has 0 aliphatic rings. The summed E-state index contributed by atoms with van der Waals surface area (Å²) in [6, 6.07) is 28.7. The zero-order valence-electron chi connectivity index (χ0n) is 20.7. The summed E-state index contributed by atoms with van der Waals surface area (Å²) < 4.78 is 17.8.